The molecule has 0 spiro atoms. The van der Waals surface area contributed by atoms with Crippen molar-refractivity contribution in [3.8, 4) is 11.8 Å². The standard InChI is InChI=1S/C17H21FN2O3/c1-17(2,3)23-16(21)20-8-6-14(7-9-20)22-15-5-4-13(18)10-12(15)11-19/h4-5,10,14H,6-9H2,1-3H3. The molecule has 0 unspecified atom stereocenters. The van der Waals surface area contributed by atoms with Gasteiger partial charge in [-0.05, 0) is 39.0 Å². The van der Waals surface area contributed by atoms with Crippen molar-refractivity contribution >= 4 is 6.09 Å². The second-order valence-electron chi connectivity index (χ2n) is 6.54. The van der Waals surface area contributed by atoms with Crippen molar-refractivity contribution in [2.75, 3.05) is 13.1 Å². The first kappa shape index (κ1) is 17.1. The van der Waals surface area contributed by atoms with Crippen LogP contribution in [0.2, 0.25) is 0 Å². The maximum atomic E-state index is 13.1. The molecule has 6 heteroatoms. The molecule has 0 N–H and O–H groups in total. The summed E-state index contributed by atoms with van der Waals surface area (Å²) >= 11 is 0. The molecule has 1 heterocycles. The van der Waals surface area contributed by atoms with Crippen LogP contribution in [0.4, 0.5) is 9.18 Å². The molecule has 0 aromatic heterocycles. The van der Waals surface area contributed by atoms with E-state index in [1.54, 1.807) is 4.90 Å². The van der Waals surface area contributed by atoms with Crippen LogP contribution in [-0.2, 0) is 4.74 Å². The molecule has 1 aliphatic rings. The highest BCUT2D eigenvalue weighted by molar-refractivity contribution is 5.68. The number of rotatable bonds is 2. The number of ether oxygens (including phenoxy) is 2. The van der Waals surface area contributed by atoms with Gasteiger partial charge in [-0.3, -0.25) is 0 Å². The van der Waals surface area contributed by atoms with E-state index in [0.29, 0.717) is 31.7 Å². The quantitative estimate of drug-likeness (QED) is 0.837. The van der Waals surface area contributed by atoms with Crippen molar-refractivity contribution in [1.29, 1.82) is 5.26 Å². The van der Waals surface area contributed by atoms with E-state index in [0.717, 1.165) is 6.07 Å². The highest BCUT2D eigenvalue weighted by Crippen LogP contribution is 2.24. The molecule has 0 bridgehead atoms. The van der Waals surface area contributed by atoms with E-state index in [1.165, 1.54) is 12.1 Å². The molecule has 2 rings (SSSR count). The number of amides is 1. The van der Waals surface area contributed by atoms with Crippen LogP contribution >= 0.6 is 0 Å². The minimum Gasteiger partial charge on any atom is -0.489 e. The van der Waals surface area contributed by atoms with Crippen LogP contribution in [0.3, 0.4) is 0 Å². The number of carbonyl (C=O) groups is 1. The number of halogens is 1. The van der Waals surface area contributed by atoms with E-state index in [1.807, 2.05) is 26.8 Å². The third kappa shape index (κ3) is 4.85. The van der Waals surface area contributed by atoms with Gasteiger partial charge in [-0.1, -0.05) is 0 Å². The Kier molecular flexibility index (Phi) is 5.09. The van der Waals surface area contributed by atoms with Gasteiger partial charge in [-0.15, -0.1) is 0 Å². The van der Waals surface area contributed by atoms with Gasteiger partial charge in [0, 0.05) is 25.9 Å². The predicted molar refractivity (Wildman–Crippen MR) is 82.6 cm³/mol. The number of carbonyl (C=O) groups excluding carboxylic acids is 1. The summed E-state index contributed by atoms with van der Waals surface area (Å²) < 4.78 is 24.3. The van der Waals surface area contributed by atoms with Gasteiger partial charge >= 0.3 is 6.09 Å². The van der Waals surface area contributed by atoms with Crippen LogP contribution in [0, 0.1) is 17.1 Å². The van der Waals surface area contributed by atoms with E-state index in [-0.39, 0.29) is 17.8 Å². The summed E-state index contributed by atoms with van der Waals surface area (Å²) in [6.07, 6.45) is 0.852. The Labute approximate surface area is 135 Å². The Morgan fingerprint density at radius 1 is 1.35 bits per heavy atom. The fourth-order valence-corrected chi connectivity index (χ4v) is 2.35. The molecule has 124 valence electrons. The number of nitriles is 1. The monoisotopic (exact) mass is 320 g/mol. The molecule has 5 nitrogen and oxygen atoms in total. The van der Waals surface area contributed by atoms with E-state index in [2.05, 4.69) is 0 Å². The lowest BCUT2D eigenvalue weighted by Crippen LogP contribution is -2.44. The molecule has 0 atom stereocenters. The second kappa shape index (κ2) is 6.86. The number of piperidine rings is 1. The Balaban J connectivity index is 1.91. The van der Waals surface area contributed by atoms with Crippen molar-refractivity contribution in [3.63, 3.8) is 0 Å². The summed E-state index contributed by atoms with van der Waals surface area (Å²) in [5.74, 6) is -0.0849. The maximum Gasteiger partial charge on any atom is 0.410 e. The fraction of sp³-hybridized carbons (Fsp3) is 0.529. The molecule has 1 aromatic rings. The lowest BCUT2D eigenvalue weighted by molar-refractivity contribution is 0.0126. The second-order valence-corrected chi connectivity index (χ2v) is 6.54. The zero-order valence-electron chi connectivity index (χ0n) is 13.6. The number of benzene rings is 1. The van der Waals surface area contributed by atoms with Crippen LogP contribution in [0.15, 0.2) is 18.2 Å². The third-order valence-corrected chi connectivity index (χ3v) is 3.45. The summed E-state index contributed by atoms with van der Waals surface area (Å²) in [7, 11) is 0. The van der Waals surface area contributed by atoms with Crippen molar-refractivity contribution in [2.45, 2.75) is 45.3 Å². The van der Waals surface area contributed by atoms with E-state index in [9.17, 15) is 9.18 Å². The number of nitrogens with zero attached hydrogens (tertiary/aromatic N) is 2. The molecule has 1 fully saturated rings. The van der Waals surface area contributed by atoms with Crippen LogP contribution < -0.4 is 4.74 Å². The highest BCUT2D eigenvalue weighted by atomic mass is 19.1. The summed E-state index contributed by atoms with van der Waals surface area (Å²) in [6, 6.07) is 5.82. The topological polar surface area (TPSA) is 62.6 Å². The Morgan fingerprint density at radius 2 is 2.00 bits per heavy atom. The lowest BCUT2D eigenvalue weighted by Gasteiger charge is -2.33. The molecule has 1 saturated heterocycles. The first-order valence-electron chi connectivity index (χ1n) is 7.63. The summed E-state index contributed by atoms with van der Waals surface area (Å²) in [5, 5.41) is 9.03. The summed E-state index contributed by atoms with van der Waals surface area (Å²) in [6.45, 7) is 6.56. The molecular weight excluding hydrogens is 299 g/mol. The van der Waals surface area contributed by atoms with Gasteiger partial charge in [0.25, 0.3) is 0 Å². The zero-order valence-corrected chi connectivity index (χ0v) is 13.6. The fourth-order valence-electron chi connectivity index (χ4n) is 2.35. The summed E-state index contributed by atoms with van der Waals surface area (Å²) in [4.78, 5) is 13.6. The van der Waals surface area contributed by atoms with Crippen molar-refractivity contribution < 1.29 is 18.7 Å². The lowest BCUT2D eigenvalue weighted by atomic mass is 10.1. The predicted octanol–water partition coefficient (Wildman–Crippen LogP) is 3.48. The van der Waals surface area contributed by atoms with Gasteiger partial charge in [0.1, 0.15) is 29.3 Å². The minimum atomic E-state index is -0.514. The van der Waals surface area contributed by atoms with Gasteiger partial charge in [0.05, 0.1) is 5.56 Å². The van der Waals surface area contributed by atoms with Gasteiger partial charge in [0.2, 0.25) is 0 Å². The molecule has 23 heavy (non-hydrogen) atoms. The summed E-state index contributed by atoms with van der Waals surface area (Å²) in [5.41, 5.74) is -0.333. The van der Waals surface area contributed by atoms with Crippen molar-refractivity contribution in [3.05, 3.63) is 29.6 Å². The number of likely N-dealkylation sites (tertiary alicyclic amines) is 1. The highest BCUT2D eigenvalue weighted by Gasteiger charge is 2.28. The Morgan fingerprint density at radius 3 is 2.57 bits per heavy atom. The number of hydrogen-bond acceptors (Lipinski definition) is 4. The van der Waals surface area contributed by atoms with E-state index in [4.69, 9.17) is 14.7 Å². The maximum absolute atomic E-state index is 13.1. The average Bonchev–Trinajstić information content (AvgIpc) is 2.48. The first-order chi connectivity index (χ1) is 10.8. The smallest absolute Gasteiger partial charge is 0.410 e. The average molecular weight is 320 g/mol. The third-order valence-electron chi connectivity index (χ3n) is 3.45. The van der Waals surface area contributed by atoms with E-state index < -0.39 is 11.4 Å². The van der Waals surface area contributed by atoms with Gasteiger partial charge in [-0.25, -0.2) is 9.18 Å². The number of hydrogen-bond donors (Lipinski definition) is 0. The molecular formula is C17H21FN2O3. The first-order valence-corrected chi connectivity index (χ1v) is 7.63. The van der Waals surface area contributed by atoms with Crippen LogP contribution in [-0.4, -0.2) is 35.8 Å². The molecule has 0 saturated carbocycles. The zero-order chi connectivity index (χ0) is 17.0. The molecule has 0 radical (unpaired) electrons. The van der Waals surface area contributed by atoms with Gasteiger partial charge in [-0.2, -0.15) is 5.26 Å². The normalized spacial score (nSPS) is 15.9. The molecule has 1 aliphatic heterocycles. The molecule has 0 aliphatic carbocycles. The molecule has 1 amide bonds. The van der Waals surface area contributed by atoms with Crippen molar-refractivity contribution in [2.24, 2.45) is 0 Å². The van der Waals surface area contributed by atoms with Crippen LogP contribution in [0.25, 0.3) is 0 Å². The van der Waals surface area contributed by atoms with Gasteiger partial charge < -0.3 is 14.4 Å². The van der Waals surface area contributed by atoms with Crippen LogP contribution in [0.5, 0.6) is 5.75 Å². The van der Waals surface area contributed by atoms with E-state index >= 15 is 0 Å². The van der Waals surface area contributed by atoms with Gasteiger partial charge in [0.15, 0.2) is 0 Å². The van der Waals surface area contributed by atoms with Crippen molar-refractivity contribution in [1.82, 2.24) is 4.90 Å². The SMILES string of the molecule is CC(C)(C)OC(=O)N1CCC(Oc2ccc(F)cc2C#N)CC1. The Hall–Kier alpha value is -2.29. The minimum absolute atomic E-state index is 0.105. The Bertz CT molecular complexity index is 611. The van der Waals surface area contributed by atoms with Crippen LogP contribution in [0.1, 0.15) is 39.2 Å². The largest absolute Gasteiger partial charge is 0.489 e. The molecule has 1 aromatic carbocycles.